The molecule has 0 aromatic carbocycles. The Hall–Kier alpha value is -0.320. The molecule has 1 atom stereocenters. The SMILES string of the molecule is Cc1cnc(F)c([S+]([O-])Cl)c1. The van der Waals surface area contributed by atoms with Gasteiger partial charge in [0.15, 0.2) is 10.7 Å². The lowest BCUT2D eigenvalue weighted by Crippen LogP contribution is -1.98. The van der Waals surface area contributed by atoms with Gasteiger partial charge < -0.3 is 4.55 Å². The highest BCUT2D eigenvalue weighted by atomic mass is 35.7. The van der Waals surface area contributed by atoms with Gasteiger partial charge >= 0.3 is 0 Å². The zero-order valence-corrected chi connectivity index (χ0v) is 7.25. The highest BCUT2D eigenvalue weighted by molar-refractivity contribution is 8.13. The van der Waals surface area contributed by atoms with Crippen molar-refractivity contribution in [3.05, 3.63) is 23.8 Å². The molecular weight excluding hydrogens is 189 g/mol. The number of hydrogen-bond donors (Lipinski definition) is 0. The zero-order valence-electron chi connectivity index (χ0n) is 5.67. The second-order valence-corrected chi connectivity index (χ2v) is 3.75. The highest BCUT2D eigenvalue weighted by Gasteiger charge is 2.15. The Morgan fingerprint density at radius 1 is 1.73 bits per heavy atom. The first-order chi connectivity index (χ1) is 5.11. The second-order valence-electron chi connectivity index (χ2n) is 2.03. The Balaban J connectivity index is 3.13. The Bertz CT molecular complexity index is 269. The molecule has 5 heteroatoms. The molecule has 60 valence electrons. The predicted molar refractivity (Wildman–Crippen MR) is 41.2 cm³/mol. The monoisotopic (exact) mass is 193 g/mol. The Morgan fingerprint density at radius 2 is 2.36 bits per heavy atom. The van der Waals surface area contributed by atoms with E-state index in [1.54, 1.807) is 6.92 Å². The minimum atomic E-state index is -1.82. The van der Waals surface area contributed by atoms with E-state index >= 15 is 0 Å². The average molecular weight is 194 g/mol. The number of aryl methyl sites for hydroxylation is 1. The van der Waals surface area contributed by atoms with Crippen LogP contribution < -0.4 is 0 Å². The quantitative estimate of drug-likeness (QED) is 0.504. The molecule has 0 aliphatic carbocycles. The van der Waals surface area contributed by atoms with Gasteiger partial charge in [0.2, 0.25) is 4.90 Å². The highest BCUT2D eigenvalue weighted by Crippen LogP contribution is 2.17. The second kappa shape index (κ2) is 3.38. The van der Waals surface area contributed by atoms with E-state index < -0.39 is 16.3 Å². The van der Waals surface area contributed by atoms with Gasteiger partial charge in [0.1, 0.15) is 10.4 Å². The number of rotatable bonds is 1. The molecule has 0 N–H and O–H groups in total. The molecule has 0 radical (unpaired) electrons. The van der Waals surface area contributed by atoms with Crippen LogP contribution in [0.1, 0.15) is 5.56 Å². The Labute approximate surface area is 71.1 Å². The van der Waals surface area contributed by atoms with Gasteiger partial charge in [-0.15, -0.1) is 0 Å². The topological polar surface area (TPSA) is 36.0 Å². The van der Waals surface area contributed by atoms with Crippen molar-refractivity contribution in [2.45, 2.75) is 11.8 Å². The summed E-state index contributed by atoms with van der Waals surface area (Å²) in [6.45, 7) is 1.72. The predicted octanol–water partition coefficient (Wildman–Crippen LogP) is 1.79. The number of aromatic nitrogens is 1. The molecule has 0 fully saturated rings. The van der Waals surface area contributed by atoms with Crippen LogP contribution in [0.5, 0.6) is 0 Å². The van der Waals surface area contributed by atoms with Gasteiger partial charge in [-0.2, -0.15) is 4.39 Å². The third-order valence-electron chi connectivity index (χ3n) is 1.12. The third kappa shape index (κ3) is 2.05. The summed E-state index contributed by atoms with van der Waals surface area (Å²) in [6.07, 6.45) is 1.35. The van der Waals surface area contributed by atoms with Crippen LogP contribution in [0, 0.1) is 12.9 Å². The van der Waals surface area contributed by atoms with Gasteiger partial charge in [0.25, 0.3) is 5.95 Å². The van der Waals surface area contributed by atoms with Crippen molar-refractivity contribution in [1.82, 2.24) is 4.98 Å². The molecule has 0 spiro atoms. The minimum absolute atomic E-state index is 0.0633. The Morgan fingerprint density at radius 3 is 2.82 bits per heavy atom. The maximum Gasteiger partial charge on any atom is 0.270 e. The Kier molecular flexibility index (Phi) is 2.70. The van der Waals surface area contributed by atoms with Crippen LogP contribution >= 0.6 is 10.7 Å². The summed E-state index contributed by atoms with van der Waals surface area (Å²) in [7, 11) is 3.36. The standard InChI is InChI=1S/C6H5ClFNOS/c1-4-2-5(11(7)10)6(8)9-3-4/h2-3H,1H3. The van der Waals surface area contributed by atoms with E-state index in [0.29, 0.717) is 0 Å². The largest absolute Gasteiger partial charge is 0.594 e. The summed E-state index contributed by atoms with van der Waals surface area (Å²) < 4.78 is 23.2. The molecule has 1 rings (SSSR count). The fourth-order valence-corrected chi connectivity index (χ4v) is 1.43. The van der Waals surface area contributed by atoms with Crippen LogP contribution in [0.4, 0.5) is 4.39 Å². The first-order valence-electron chi connectivity index (χ1n) is 2.81. The van der Waals surface area contributed by atoms with Crippen molar-refractivity contribution >= 4 is 21.1 Å². The van der Waals surface area contributed by atoms with Crippen molar-refractivity contribution in [1.29, 1.82) is 0 Å². The summed E-state index contributed by atoms with van der Waals surface area (Å²) in [5.41, 5.74) is 0.732. The van der Waals surface area contributed by atoms with Crippen LogP contribution in [-0.2, 0) is 10.4 Å². The molecule has 0 saturated heterocycles. The normalized spacial score (nSPS) is 13.1. The number of pyridine rings is 1. The molecule has 0 aliphatic heterocycles. The van der Waals surface area contributed by atoms with Gasteiger partial charge in [0, 0.05) is 12.3 Å². The van der Waals surface area contributed by atoms with E-state index in [-0.39, 0.29) is 4.90 Å². The van der Waals surface area contributed by atoms with Crippen molar-refractivity contribution in [3.63, 3.8) is 0 Å². The van der Waals surface area contributed by atoms with E-state index in [0.717, 1.165) is 5.56 Å². The summed E-state index contributed by atoms with van der Waals surface area (Å²) in [4.78, 5) is 3.29. The number of halogens is 2. The molecule has 0 saturated carbocycles. The lowest BCUT2D eigenvalue weighted by Gasteiger charge is -2.00. The van der Waals surface area contributed by atoms with Crippen molar-refractivity contribution in [3.8, 4) is 0 Å². The maximum atomic E-state index is 12.6. The molecule has 0 bridgehead atoms. The number of nitrogens with zero attached hydrogens (tertiary/aromatic N) is 1. The molecule has 1 aromatic heterocycles. The van der Waals surface area contributed by atoms with Gasteiger partial charge in [-0.05, 0) is 12.5 Å². The number of hydrogen-bond acceptors (Lipinski definition) is 2. The van der Waals surface area contributed by atoms with E-state index in [1.807, 2.05) is 0 Å². The molecule has 2 nitrogen and oxygen atoms in total. The smallest absolute Gasteiger partial charge is 0.270 e. The summed E-state index contributed by atoms with van der Waals surface area (Å²) in [5, 5.41) is 0. The van der Waals surface area contributed by atoms with Crippen LogP contribution in [0.3, 0.4) is 0 Å². The summed E-state index contributed by atoms with van der Waals surface area (Å²) >= 11 is 0. The third-order valence-corrected chi connectivity index (χ3v) is 2.25. The van der Waals surface area contributed by atoms with Gasteiger partial charge in [0.05, 0.1) is 0 Å². The summed E-state index contributed by atoms with van der Waals surface area (Å²) in [6, 6.07) is 1.41. The molecule has 1 aromatic rings. The van der Waals surface area contributed by atoms with Crippen molar-refractivity contribution in [2.75, 3.05) is 0 Å². The van der Waals surface area contributed by atoms with Crippen LogP contribution in [-0.4, -0.2) is 9.54 Å². The zero-order chi connectivity index (χ0) is 8.43. The first kappa shape index (κ1) is 8.77. The summed E-state index contributed by atoms with van der Waals surface area (Å²) in [5.74, 6) is -0.774. The molecule has 0 amide bonds. The van der Waals surface area contributed by atoms with Gasteiger partial charge in [-0.3, -0.25) is 0 Å². The van der Waals surface area contributed by atoms with E-state index in [4.69, 9.17) is 10.7 Å². The van der Waals surface area contributed by atoms with Crippen LogP contribution in [0.2, 0.25) is 0 Å². The van der Waals surface area contributed by atoms with E-state index in [1.165, 1.54) is 12.3 Å². The van der Waals surface area contributed by atoms with E-state index in [9.17, 15) is 8.94 Å². The van der Waals surface area contributed by atoms with Gasteiger partial charge in [-0.25, -0.2) is 4.98 Å². The molecule has 11 heavy (non-hydrogen) atoms. The molecule has 1 unspecified atom stereocenters. The minimum Gasteiger partial charge on any atom is -0.594 e. The fraction of sp³-hybridized carbons (Fsp3) is 0.167. The van der Waals surface area contributed by atoms with Crippen LogP contribution in [0.15, 0.2) is 17.2 Å². The van der Waals surface area contributed by atoms with Crippen molar-refractivity contribution < 1.29 is 8.94 Å². The first-order valence-corrected chi connectivity index (χ1v) is 4.79. The van der Waals surface area contributed by atoms with Crippen molar-refractivity contribution in [2.24, 2.45) is 0 Å². The fourth-order valence-electron chi connectivity index (χ4n) is 0.638. The average Bonchev–Trinajstić information content (AvgIpc) is 1.94. The lowest BCUT2D eigenvalue weighted by atomic mass is 10.3. The molecular formula is C6H5ClFNOS. The molecule has 1 heterocycles. The van der Waals surface area contributed by atoms with Crippen LogP contribution in [0.25, 0.3) is 0 Å². The molecule has 0 aliphatic rings. The van der Waals surface area contributed by atoms with E-state index in [2.05, 4.69) is 4.98 Å². The maximum absolute atomic E-state index is 12.6. The van der Waals surface area contributed by atoms with Gasteiger partial charge in [-0.1, -0.05) is 0 Å². The lowest BCUT2D eigenvalue weighted by molar-refractivity contribution is 0.541.